The summed E-state index contributed by atoms with van der Waals surface area (Å²) in [4.78, 5) is 13.7. The number of nitrogens with one attached hydrogen (secondary N) is 2. The van der Waals surface area contributed by atoms with Crippen LogP contribution in [0.3, 0.4) is 0 Å². The number of anilines is 2. The summed E-state index contributed by atoms with van der Waals surface area (Å²) in [6.45, 7) is 0. The van der Waals surface area contributed by atoms with Crippen molar-refractivity contribution >= 4 is 33.1 Å². The van der Waals surface area contributed by atoms with Crippen molar-refractivity contribution in [3.05, 3.63) is 93.6 Å². The smallest absolute Gasteiger partial charge is 0.174 e. The molecule has 0 aromatic heterocycles. The van der Waals surface area contributed by atoms with E-state index in [1.807, 2.05) is 54.6 Å². The molecular weight excluding hydrogens is 480 g/mol. The van der Waals surface area contributed by atoms with E-state index >= 15 is 0 Å². The molecule has 5 rings (SSSR count). The molecule has 1 aliphatic heterocycles. The van der Waals surface area contributed by atoms with Gasteiger partial charge in [0.15, 0.2) is 17.3 Å². The summed E-state index contributed by atoms with van der Waals surface area (Å²) in [7, 11) is 3.23. The molecule has 33 heavy (non-hydrogen) atoms. The van der Waals surface area contributed by atoms with Gasteiger partial charge < -0.3 is 20.1 Å². The molecule has 2 aliphatic rings. The Hall–Kier alpha value is -3.25. The Morgan fingerprint density at radius 1 is 0.879 bits per heavy atom. The minimum absolute atomic E-state index is 0.146. The Labute approximate surface area is 201 Å². The molecule has 168 valence electrons. The molecule has 0 bridgehead atoms. The first kappa shape index (κ1) is 21.6. The van der Waals surface area contributed by atoms with Crippen LogP contribution in [0.5, 0.6) is 11.5 Å². The summed E-state index contributed by atoms with van der Waals surface area (Å²) in [6, 6.07) is 22.0. The number of ether oxygens (including phenoxy) is 2. The first-order valence-corrected chi connectivity index (χ1v) is 11.7. The summed E-state index contributed by atoms with van der Waals surface area (Å²) >= 11 is 3.61. The number of carbonyl (C=O) groups is 1. The average Bonchev–Trinajstić information content (AvgIpc) is 3.01. The van der Waals surface area contributed by atoms with Crippen LogP contribution < -0.4 is 20.1 Å². The van der Waals surface area contributed by atoms with E-state index in [0.29, 0.717) is 17.9 Å². The fourth-order valence-corrected chi connectivity index (χ4v) is 5.43. The van der Waals surface area contributed by atoms with E-state index in [0.717, 1.165) is 39.1 Å². The third-order valence-electron chi connectivity index (χ3n) is 6.37. The summed E-state index contributed by atoms with van der Waals surface area (Å²) < 4.78 is 11.9. The zero-order chi connectivity index (χ0) is 22.9. The van der Waals surface area contributed by atoms with Crippen LogP contribution in [0.1, 0.15) is 35.9 Å². The van der Waals surface area contributed by atoms with Gasteiger partial charge in [-0.3, -0.25) is 4.79 Å². The van der Waals surface area contributed by atoms with Crippen LogP contribution in [0.4, 0.5) is 11.4 Å². The van der Waals surface area contributed by atoms with Crippen molar-refractivity contribution in [3.63, 3.8) is 0 Å². The molecule has 0 radical (unpaired) electrons. The zero-order valence-electron chi connectivity index (χ0n) is 18.5. The maximum absolute atomic E-state index is 13.7. The Morgan fingerprint density at radius 2 is 1.61 bits per heavy atom. The predicted octanol–water partition coefficient (Wildman–Crippen LogP) is 6.45. The number of methoxy groups -OCH3 is 2. The molecule has 0 unspecified atom stereocenters. The van der Waals surface area contributed by atoms with Crippen molar-refractivity contribution in [1.82, 2.24) is 0 Å². The number of rotatable bonds is 4. The van der Waals surface area contributed by atoms with Crippen molar-refractivity contribution in [2.24, 2.45) is 0 Å². The Kier molecular flexibility index (Phi) is 5.85. The monoisotopic (exact) mass is 504 g/mol. The lowest BCUT2D eigenvalue weighted by molar-refractivity contribution is -0.116. The number of ketones is 1. The van der Waals surface area contributed by atoms with Gasteiger partial charge in [-0.1, -0.05) is 42.5 Å². The highest BCUT2D eigenvalue weighted by Crippen LogP contribution is 2.46. The van der Waals surface area contributed by atoms with Crippen molar-refractivity contribution in [3.8, 4) is 11.5 Å². The third-order valence-corrected chi connectivity index (χ3v) is 6.96. The molecular formula is C27H25BrN2O3. The summed E-state index contributed by atoms with van der Waals surface area (Å²) in [5.74, 6) is 1.53. The van der Waals surface area contributed by atoms with Crippen LogP contribution >= 0.6 is 15.9 Å². The van der Waals surface area contributed by atoms with E-state index in [-0.39, 0.29) is 17.7 Å². The van der Waals surface area contributed by atoms with Crippen LogP contribution in [-0.4, -0.2) is 20.0 Å². The van der Waals surface area contributed by atoms with Crippen LogP contribution in [0, 0.1) is 0 Å². The van der Waals surface area contributed by atoms with Crippen LogP contribution in [0.25, 0.3) is 0 Å². The number of para-hydroxylation sites is 2. The topological polar surface area (TPSA) is 59.6 Å². The Bertz CT molecular complexity index is 1240. The molecule has 2 atom stereocenters. The maximum atomic E-state index is 13.7. The number of hydrogen-bond donors (Lipinski definition) is 2. The van der Waals surface area contributed by atoms with E-state index in [4.69, 9.17) is 9.47 Å². The van der Waals surface area contributed by atoms with Gasteiger partial charge in [-0.05, 0) is 63.7 Å². The van der Waals surface area contributed by atoms with E-state index in [1.165, 1.54) is 5.56 Å². The van der Waals surface area contributed by atoms with Crippen LogP contribution in [0.15, 0.2) is 82.5 Å². The van der Waals surface area contributed by atoms with Gasteiger partial charge in [-0.15, -0.1) is 0 Å². The zero-order valence-corrected chi connectivity index (χ0v) is 20.1. The molecule has 0 saturated heterocycles. The summed E-state index contributed by atoms with van der Waals surface area (Å²) in [6.07, 6.45) is 1.25. The summed E-state index contributed by atoms with van der Waals surface area (Å²) in [5.41, 5.74) is 5.78. The van der Waals surface area contributed by atoms with E-state index in [9.17, 15) is 4.79 Å². The normalized spacial score (nSPS) is 19.5. The highest BCUT2D eigenvalue weighted by atomic mass is 79.9. The first-order valence-electron chi connectivity index (χ1n) is 10.9. The molecule has 1 heterocycles. The second-order valence-electron chi connectivity index (χ2n) is 8.32. The van der Waals surface area contributed by atoms with E-state index < -0.39 is 0 Å². The summed E-state index contributed by atoms with van der Waals surface area (Å²) in [5, 5.41) is 7.20. The maximum Gasteiger partial charge on any atom is 0.174 e. The predicted molar refractivity (Wildman–Crippen MR) is 134 cm³/mol. The number of carbonyl (C=O) groups excluding carboxylic acids is 1. The quantitative estimate of drug-likeness (QED) is 0.427. The highest BCUT2D eigenvalue weighted by molar-refractivity contribution is 9.10. The number of benzene rings is 3. The molecule has 6 heteroatoms. The van der Waals surface area contributed by atoms with E-state index in [2.05, 4.69) is 38.7 Å². The molecule has 5 nitrogen and oxygen atoms in total. The largest absolute Gasteiger partial charge is 0.493 e. The van der Waals surface area contributed by atoms with Gasteiger partial charge in [0.1, 0.15) is 0 Å². The second-order valence-corrected chi connectivity index (χ2v) is 9.17. The van der Waals surface area contributed by atoms with Gasteiger partial charge in [-0.2, -0.15) is 0 Å². The van der Waals surface area contributed by atoms with Crippen molar-refractivity contribution in [2.45, 2.75) is 24.8 Å². The van der Waals surface area contributed by atoms with Crippen molar-refractivity contribution < 1.29 is 14.3 Å². The van der Waals surface area contributed by atoms with Gasteiger partial charge in [0.25, 0.3) is 0 Å². The fourth-order valence-electron chi connectivity index (χ4n) is 4.81. The lowest BCUT2D eigenvalue weighted by atomic mass is 9.78. The second kappa shape index (κ2) is 8.94. The van der Waals surface area contributed by atoms with Crippen LogP contribution in [-0.2, 0) is 4.79 Å². The van der Waals surface area contributed by atoms with Gasteiger partial charge in [0, 0.05) is 17.7 Å². The molecule has 2 N–H and O–H groups in total. The van der Waals surface area contributed by atoms with Gasteiger partial charge in [0.2, 0.25) is 0 Å². The Balaban J connectivity index is 1.64. The molecule has 3 aromatic rings. The third kappa shape index (κ3) is 4.00. The molecule has 0 fully saturated rings. The minimum atomic E-state index is -0.323. The van der Waals surface area contributed by atoms with Crippen molar-refractivity contribution in [2.75, 3.05) is 24.9 Å². The molecule has 0 saturated carbocycles. The standard InChI is InChI=1S/C27H25BrN2O3/c1-32-24-15-18(12-19(28)27(24)33-2)26-25-22(29-20-10-6-7-11-21(20)30-26)13-17(14-23(25)31)16-8-4-3-5-9-16/h3-12,15,17,26,29-30H,13-14H2,1-2H3/t17-,26-/m1/s1. The average molecular weight is 505 g/mol. The SMILES string of the molecule is COc1cc([C@H]2Nc3ccccc3NC3=C2C(=O)C[C@H](c2ccccc2)C3)cc(Br)c1OC. The molecule has 0 amide bonds. The number of fused-ring (bicyclic) bond motifs is 1. The number of Topliss-reactive ketones (excluding diaryl/α,β-unsaturated/α-hetero) is 1. The van der Waals surface area contributed by atoms with Gasteiger partial charge in [0.05, 0.1) is 36.1 Å². The number of hydrogen-bond acceptors (Lipinski definition) is 5. The molecule has 0 spiro atoms. The first-order chi connectivity index (χ1) is 16.1. The highest BCUT2D eigenvalue weighted by Gasteiger charge is 2.36. The van der Waals surface area contributed by atoms with Crippen molar-refractivity contribution in [1.29, 1.82) is 0 Å². The number of halogens is 1. The molecule has 3 aromatic carbocycles. The minimum Gasteiger partial charge on any atom is -0.493 e. The van der Waals surface area contributed by atoms with Crippen LogP contribution in [0.2, 0.25) is 0 Å². The Morgan fingerprint density at radius 3 is 2.33 bits per heavy atom. The lowest BCUT2D eigenvalue weighted by Gasteiger charge is -2.30. The van der Waals surface area contributed by atoms with Gasteiger partial charge in [-0.25, -0.2) is 0 Å². The number of allylic oxidation sites excluding steroid dienone is 1. The van der Waals surface area contributed by atoms with Gasteiger partial charge >= 0.3 is 0 Å². The molecule has 1 aliphatic carbocycles. The van der Waals surface area contributed by atoms with E-state index in [1.54, 1.807) is 14.2 Å². The fraction of sp³-hybridized carbons (Fsp3) is 0.222. The lowest BCUT2D eigenvalue weighted by Crippen LogP contribution is -2.27.